The normalized spacial score (nSPS) is 10.0. The Morgan fingerprint density at radius 1 is 0.917 bits per heavy atom. The summed E-state index contributed by atoms with van der Waals surface area (Å²) in [5.41, 5.74) is 1.83. The van der Waals surface area contributed by atoms with Crippen LogP contribution in [0.2, 0.25) is 0 Å². The van der Waals surface area contributed by atoms with Crippen LogP contribution in [-0.2, 0) is 11.2 Å². The van der Waals surface area contributed by atoms with Crippen molar-refractivity contribution in [3.63, 3.8) is 0 Å². The lowest BCUT2D eigenvalue weighted by molar-refractivity contribution is -0.136. The molecule has 0 unspecified atom stereocenters. The van der Waals surface area contributed by atoms with E-state index in [9.17, 15) is 4.79 Å². The Labute approximate surface area is 140 Å². The zero-order chi connectivity index (χ0) is 17.9. The number of carboxylic acid groups (broad SMARTS) is 1. The highest BCUT2D eigenvalue weighted by Crippen LogP contribution is 2.11. The van der Waals surface area contributed by atoms with Crippen molar-refractivity contribution >= 4 is 12.0 Å². The molecule has 0 aliphatic heterocycles. The molecule has 0 atom stereocenters. The minimum absolute atomic E-state index is 0.0167. The van der Waals surface area contributed by atoms with Crippen LogP contribution in [-0.4, -0.2) is 26.4 Å². The molecule has 0 fully saturated rings. The van der Waals surface area contributed by atoms with E-state index in [2.05, 4.69) is 6.58 Å². The number of phenols is 2. The number of rotatable bonds is 5. The molecule has 2 aromatic carbocycles. The summed E-state index contributed by atoms with van der Waals surface area (Å²) in [5, 5.41) is 35.0. The van der Waals surface area contributed by atoms with Gasteiger partial charge in [-0.3, -0.25) is 4.79 Å². The average molecular weight is 328 g/mol. The maximum atomic E-state index is 10.2. The van der Waals surface area contributed by atoms with Gasteiger partial charge in [0.2, 0.25) is 0 Å². The third kappa shape index (κ3) is 8.29. The van der Waals surface area contributed by atoms with E-state index in [1.165, 1.54) is 6.08 Å². The molecule has 0 aromatic heterocycles. The lowest BCUT2D eigenvalue weighted by Crippen LogP contribution is -1.96. The largest absolute Gasteiger partial charge is 0.509 e. The first-order chi connectivity index (χ1) is 11.4. The molecule has 0 aliphatic carbocycles. The highest BCUT2D eigenvalue weighted by molar-refractivity contribution is 5.67. The second-order valence-corrected chi connectivity index (χ2v) is 4.98. The van der Waals surface area contributed by atoms with Crippen LogP contribution in [0.25, 0.3) is 6.08 Å². The van der Waals surface area contributed by atoms with Gasteiger partial charge in [0.25, 0.3) is 0 Å². The van der Waals surface area contributed by atoms with Gasteiger partial charge in [0.15, 0.2) is 0 Å². The van der Waals surface area contributed by atoms with Gasteiger partial charge in [-0.15, -0.1) is 0 Å². The van der Waals surface area contributed by atoms with E-state index in [-0.39, 0.29) is 23.7 Å². The number of hydrogen-bond donors (Lipinski definition) is 4. The number of hydrogen-bond acceptors (Lipinski definition) is 4. The minimum atomic E-state index is -0.803. The maximum absolute atomic E-state index is 10.2. The molecule has 0 amide bonds. The fourth-order valence-corrected chi connectivity index (χ4v) is 1.69. The molecule has 5 heteroatoms. The number of benzene rings is 2. The first-order valence-corrected chi connectivity index (χ1v) is 7.21. The van der Waals surface area contributed by atoms with Gasteiger partial charge in [0.1, 0.15) is 17.3 Å². The van der Waals surface area contributed by atoms with E-state index >= 15 is 0 Å². The number of aliphatic hydroxyl groups excluding tert-OH is 1. The monoisotopic (exact) mass is 328 g/mol. The van der Waals surface area contributed by atoms with E-state index in [0.717, 1.165) is 11.1 Å². The summed E-state index contributed by atoms with van der Waals surface area (Å²) in [6.45, 7) is 3.31. The number of aromatic hydroxyl groups is 2. The summed E-state index contributed by atoms with van der Waals surface area (Å²) in [5.74, 6) is -0.352. The van der Waals surface area contributed by atoms with Crippen LogP contribution in [0, 0.1) is 0 Å². The fraction of sp³-hybridized carbons (Fsp3) is 0.105. The first-order valence-electron chi connectivity index (χ1n) is 7.21. The molecule has 24 heavy (non-hydrogen) atoms. The molecule has 2 rings (SSSR count). The molecule has 126 valence electrons. The van der Waals surface area contributed by atoms with Crippen LogP contribution in [0.1, 0.15) is 17.5 Å². The number of allylic oxidation sites excluding steroid dienone is 1. The lowest BCUT2D eigenvalue weighted by atomic mass is 10.1. The summed E-state index contributed by atoms with van der Waals surface area (Å²) >= 11 is 0. The first kappa shape index (κ1) is 18.8. The van der Waals surface area contributed by atoms with E-state index in [1.807, 2.05) is 0 Å². The van der Waals surface area contributed by atoms with Gasteiger partial charge in [0, 0.05) is 6.42 Å². The van der Waals surface area contributed by atoms with Crippen LogP contribution in [0.15, 0.2) is 66.9 Å². The maximum Gasteiger partial charge on any atom is 0.303 e. The summed E-state index contributed by atoms with van der Waals surface area (Å²) in [6.07, 6.45) is 3.84. The number of aliphatic carboxylic acids is 1. The van der Waals surface area contributed by atoms with Gasteiger partial charge in [0.05, 0.1) is 0 Å². The summed E-state index contributed by atoms with van der Waals surface area (Å²) in [6, 6.07) is 13.2. The standard InChI is InChI=1S/C10H10O2.C9H10O3/c1-8(11)2-3-9-4-6-10(12)7-5-9;10-8-4-1-7(2-5-8)3-6-9(11)12/h2-7,11-12H,1H2;1-2,4-5,10H,3,6H2,(H,11,12)/b3-2+;. The summed E-state index contributed by atoms with van der Waals surface area (Å²) in [4.78, 5) is 10.2. The van der Waals surface area contributed by atoms with Crippen molar-refractivity contribution in [1.82, 2.24) is 0 Å². The van der Waals surface area contributed by atoms with Gasteiger partial charge in [-0.05, 0) is 47.9 Å². The molecule has 0 bridgehead atoms. The minimum Gasteiger partial charge on any atom is -0.509 e. The third-order valence-corrected chi connectivity index (χ3v) is 2.93. The van der Waals surface area contributed by atoms with Gasteiger partial charge in [-0.25, -0.2) is 0 Å². The van der Waals surface area contributed by atoms with E-state index in [1.54, 1.807) is 54.6 Å². The molecule has 0 saturated carbocycles. The Kier molecular flexibility index (Phi) is 7.64. The quantitative estimate of drug-likeness (QED) is 0.493. The second kappa shape index (κ2) is 9.74. The lowest BCUT2D eigenvalue weighted by Gasteiger charge is -1.97. The third-order valence-electron chi connectivity index (χ3n) is 2.93. The van der Waals surface area contributed by atoms with Crippen LogP contribution < -0.4 is 0 Å². The molecule has 0 heterocycles. The van der Waals surface area contributed by atoms with E-state index < -0.39 is 5.97 Å². The number of phenolic OH excluding ortho intramolecular Hbond substituents is 2. The van der Waals surface area contributed by atoms with Crippen molar-refractivity contribution in [1.29, 1.82) is 0 Å². The number of aryl methyl sites for hydroxylation is 1. The molecule has 5 nitrogen and oxygen atoms in total. The molecular weight excluding hydrogens is 308 g/mol. The Bertz CT molecular complexity index is 685. The van der Waals surface area contributed by atoms with Crippen molar-refractivity contribution < 1.29 is 25.2 Å². The molecule has 0 aliphatic rings. The molecule has 2 aromatic rings. The van der Waals surface area contributed by atoms with Crippen molar-refractivity contribution in [3.05, 3.63) is 78.1 Å². The Morgan fingerprint density at radius 2 is 1.42 bits per heavy atom. The van der Waals surface area contributed by atoms with Crippen molar-refractivity contribution in [2.75, 3.05) is 0 Å². The Morgan fingerprint density at radius 3 is 1.88 bits per heavy atom. The summed E-state index contributed by atoms with van der Waals surface area (Å²) < 4.78 is 0. The van der Waals surface area contributed by atoms with Crippen molar-refractivity contribution in [3.8, 4) is 11.5 Å². The van der Waals surface area contributed by atoms with E-state index in [0.29, 0.717) is 6.42 Å². The van der Waals surface area contributed by atoms with Crippen molar-refractivity contribution in [2.24, 2.45) is 0 Å². The van der Waals surface area contributed by atoms with Gasteiger partial charge in [-0.2, -0.15) is 0 Å². The van der Waals surface area contributed by atoms with E-state index in [4.69, 9.17) is 20.4 Å². The van der Waals surface area contributed by atoms with Crippen LogP contribution in [0.4, 0.5) is 0 Å². The fourth-order valence-electron chi connectivity index (χ4n) is 1.69. The van der Waals surface area contributed by atoms with Gasteiger partial charge >= 0.3 is 5.97 Å². The van der Waals surface area contributed by atoms with Crippen LogP contribution in [0.3, 0.4) is 0 Å². The molecular formula is C19H20O5. The van der Waals surface area contributed by atoms with Crippen molar-refractivity contribution in [2.45, 2.75) is 12.8 Å². The zero-order valence-electron chi connectivity index (χ0n) is 13.1. The SMILES string of the molecule is C=C(O)/C=C/c1ccc(O)cc1.O=C(O)CCc1ccc(O)cc1. The Hall–Kier alpha value is -3.21. The Balaban J connectivity index is 0.000000240. The highest BCUT2D eigenvalue weighted by atomic mass is 16.4. The average Bonchev–Trinajstić information content (AvgIpc) is 2.54. The zero-order valence-corrected chi connectivity index (χ0v) is 13.1. The van der Waals surface area contributed by atoms with Gasteiger partial charge < -0.3 is 20.4 Å². The predicted molar refractivity (Wildman–Crippen MR) is 93.0 cm³/mol. The smallest absolute Gasteiger partial charge is 0.303 e. The second-order valence-electron chi connectivity index (χ2n) is 4.98. The molecule has 0 saturated heterocycles. The number of carboxylic acids is 1. The highest BCUT2D eigenvalue weighted by Gasteiger charge is 1.98. The topological polar surface area (TPSA) is 98.0 Å². The molecule has 0 spiro atoms. The number of aliphatic hydroxyl groups is 1. The van der Waals surface area contributed by atoms with Gasteiger partial charge in [-0.1, -0.05) is 36.9 Å². The predicted octanol–water partition coefficient (Wildman–Crippen LogP) is 3.89. The number of carbonyl (C=O) groups is 1. The summed E-state index contributed by atoms with van der Waals surface area (Å²) in [7, 11) is 0. The van der Waals surface area contributed by atoms with Crippen LogP contribution >= 0.6 is 0 Å². The molecule has 0 radical (unpaired) electrons. The molecule has 4 N–H and O–H groups in total. The van der Waals surface area contributed by atoms with Crippen LogP contribution in [0.5, 0.6) is 11.5 Å².